The average molecular weight is 227 g/mol. The first kappa shape index (κ1) is 17.4. The van der Waals surface area contributed by atoms with E-state index in [9.17, 15) is 4.79 Å². The van der Waals surface area contributed by atoms with Crippen molar-refractivity contribution in [2.45, 2.75) is 53.4 Å². The molecule has 0 N–H and O–H groups in total. The Kier molecular flexibility index (Phi) is 15.1. The van der Waals surface area contributed by atoms with E-state index in [4.69, 9.17) is 5.26 Å². The highest BCUT2D eigenvalue weighted by Crippen LogP contribution is 2.06. The van der Waals surface area contributed by atoms with Crippen molar-refractivity contribution in [3.8, 4) is 6.07 Å². The molecule has 0 saturated carbocycles. The maximum absolute atomic E-state index is 9.72. The quantitative estimate of drug-likeness (QED) is 0.625. The predicted molar refractivity (Wildman–Crippen MR) is 65.8 cm³/mol. The van der Waals surface area contributed by atoms with Crippen molar-refractivity contribution in [3.05, 3.63) is 0 Å². The number of nitriles is 1. The van der Waals surface area contributed by atoms with Crippen molar-refractivity contribution in [3.63, 3.8) is 0 Å². The fourth-order valence-corrected chi connectivity index (χ4v) is 1.17. The Bertz CT molecular complexity index is 179. The molecule has 0 amide bonds. The lowest BCUT2D eigenvalue weighted by Crippen LogP contribution is -2.05. The van der Waals surface area contributed by atoms with Gasteiger partial charge in [0.1, 0.15) is 0 Å². The molecule has 3 heteroatoms. The molecule has 0 aromatic carbocycles. The van der Waals surface area contributed by atoms with E-state index in [0.29, 0.717) is 24.9 Å². The van der Waals surface area contributed by atoms with Crippen LogP contribution in [-0.2, 0) is 9.53 Å². The summed E-state index contributed by atoms with van der Waals surface area (Å²) >= 11 is 0. The SMILES string of the molecule is CCC(C#N)CC.CCC(CC)COC=O. The molecular weight excluding hydrogens is 202 g/mol. The second-order valence-corrected chi connectivity index (χ2v) is 3.75. The summed E-state index contributed by atoms with van der Waals surface area (Å²) in [6.07, 6.45) is 4.16. The summed E-state index contributed by atoms with van der Waals surface area (Å²) in [7, 11) is 0. The van der Waals surface area contributed by atoms with Gasteiger partial charge in [0.15, 0.2) is 0 Å². The van der Waals surface area contributed by atoms with E-state index >= 15 is 0 Å². The zero-order chi connectivity index (χ0) is 12.8. The van der Waals surface area contributed by atoms with Crippen LogP contribution in [0, 0.1) is 23.2 Å². The Balaban J connectivity index is 0. The highest BCUT2D eigenvalue weighted by atomic mass is 16.5. The van der Waals surface area contributed by atoms with E-state index in [-0.39, 0.29) is 0 Å². The lowest BCUT2D eigenvalue weighted by molar-refractivity contribution is -0.130. The Morgan fingerprint density at radius 1 is 1.12 bits per heavy atom. The van der Waals surface area contributed by atoms with Crippen LogP contribution in [0.2, 0.25) is 0 Å². The Labute approximate surface area is 99.8 Å². The van der Waals surface area contributed by atoms with Crippen molar-refractivity contribution >= 4 is 6.47 Å². The zero-order valence-electron chi connectivity index (χ0n) is 11.0. The number of hydrogen-bond acceptors (Lipinski definition) is 3. The summed E-state index contributed by atoms with van der Waals surface area (Å²) in [5, 5.41) is 8.28. The van der Waals surface area contributed by atoms with Gasteiger partial charge < -0.3 is 4.74 Å². The van der Waals surface area contributed by atoms with Crippen molar-refractivity contribution in [2.24, 2.45) is 11.8 Å². The van der Waals surface area contributed by atoms with E-state index in [1.54, 1.807) is 0 Å². The predicted octanol–water partition coefficient (Wildman–Crippen LogP) is 3.54. The van der Waals surface area contributed by atoms with E-state index in [1.807, 2.05) is 13.8 Å². The minimum Gasteiger partial charge on any atom is -0.468 e. The first-order valence-electron chi connectivity index (χ1n) is 6.14. The Morgan fingerprint density at radius 2 is 1.62 bits per heavy atom. The first-order chi connectivity index (χ1) is 7.69. The molecule has 0 aliphatic rings. The standard InChI is InChI=1S/C7H14O2.C6H11N/c1-3-7(4-2)5-9-6-8;1-3-6(4-2)5-7/h6-7H,3-5H2,1-2H3;6H,3-4H2,1-2H3. The second kappa shape index (κ2) is 14.0. The zero-order valence-corrected chi connectivity index (χ0v) is 11.0. The van der Waals surface area contributed by atoms with Gasteiger partial charge in [-0.3, -0.25) is 4.79 Å². The van der Waals surface area contributed by atoms with Crippen LogP contribution in [0.1, 0.15) is 53.4 Å². The number of rotatable bonds is 7. The highest BCUT2D eigenvalue weighted by molar-refractivity contribution is 5.36. The van der Waals surface area contributed by atoms with Gasteiger partial charge in [-0.2, -0.15) is 5.26 Å². The number of carbonyl (C=O) groups is 1. The molecule has 16 heavy (non-hydrogen) atoms. The first-order valence-corrected chi connectivity index (χ1v) is 6.14. The van der Waals surface area contributed by atoms with Crippen molar-refractivity contribution < 1.29 is 9.53 Å². The van der Waals surface area contributed by atoms with Gasteiger partial charge in [-0.1, -0.05) is 40.5 Å². The summed E-state index contributed by atoms with van der Waals surface area (Å²) in [6, 6.07) is 2.20. The molecule has 0 aromatic heterocycles. The van der Waals surface area contributed by atoms with Crippen LogP contribution in [0.25, 0.3) is 0 Å². The van der Waals surface area contributed by atoms with Gasteiger partial charge in [0.25, 0.3) is 6.47 Å². The van der Waals surface area contributed by atoms with Gasteiger partial charge in [-0.25, -0.2) is 0 Å². The molecule has 0 unspecified atom stereocenters. The van der Waals surface area contributed by atoms with Crippen LogP contribution in [0.3, 0.4) is 0 Å². The van der Waals surface area contributed by atoms with Gasteiger partial charge in [-0.05, 0) is 18.8 Å². The third-order valence-electron chi connectivity index (χ3n) is 2.72. The molecular formula is C13H25NO2. The van der Waals surface area contributed by atoms with Crippen LogP contribution >= 0.6 is 0 Å². The molecule has 0 rings (SSSR count). The summed E-state index contributed by atoms with van der Waals surface area (Å²) in [5.41, 5.74) is 0. The van der Waals surface area contributed by atoms with Crippen LogP contribution < -0.4 is 0 Å². The van der Waals surface area contributed by atoms with Gasteiger partial charge in [0, 0.05) is 5.92 Å². The summed E-state index contributed by atoms with van der Waals surface area (Å²) in [6.45, 7) is 9.37. The van der Waals surface area contributed by atoms with Crippen LogP contribution in [-0.4, -0.2) is 13.1 Å². The molecule has 0 atom stereocenters. The summed E-state index contributed by atoms with van der Waals surface area (Å²) in [5.74, 6) is 0.843. The van der Waals surface area contributed by atoms with E-state index in [2.05, 4.69) is 24.7 Å². The fraction of sp³-hybridized carbons (Fsp3) is 0.846. The molecule has 0 spiro atoms. The van der Waals surface area contributed by atoms with E-state index in [0.717, 1.165) is 25.7 Å². The Morgan fingerprint density at radius 3 is 1.81 bits per heavy atom. The third kappa shape index (κ3) is 11.0. The number of hydrogen-bond donors (Lipinski definition) is 0. The van der Waals surface area contributed by atoms with Crippen LogP contribution in [0.5, 0.6) is 0 Å². The second-order valence-electron chi connectivity index (χ2n) is 3.75. The normalized spacial score (nSPS) is 9.31. The number of nitrogens with zero attached hydrogens (tertiary/aromatic N) is 1. The van der Waals surface area contributed by atoms with Crippen molar-refractivity contribution in [1.82, 2.24) is 0 Å². The molecule has 0 aliphatic heterocycles. The molecule has 0 radical (unpaired) electrons. The number of carbonyl (C=O) groups excluding carboxylic acids is 1. The van der Waals surface area contributed by atoms with Gasteiger partial charge in [0.2, 0.25) is 0 Å². The number of ether oxygens (including phenoxy) is 1. The van der Waals surface area contributed by atoms with Crippen molar-refractivity contribution in [1.29, 1.82) is 5.26 Å². The highest BCUT2D eigenvalue weighted by Gasteiger charge is 2.01. The maximum atomic E-state index is 9.72. The molecule has 0 heterocycles. The fourth-order valence-electron chi connectivity index (χ4n) is 1.17. The minimum absolute atomic E-state index is 0.292. The smallest absolute Gasteiger partial charge is 0.293 e. The monoisotopic (exact) mass is 227 g/mol. The van der Waals surface area contributed by atoms with Crippen molar-refractivity contribution in [2.75, 3.05) is 6.61 Å². The van der Waals surface area contributed by atoms with Crippen LogP contribution in [0.4, 0.5) is 0 Å². The van der Waals surface area contributed by atoms with Gasteiger partial charge in [-0.15, -0.1) is 0 Å². The maximum Gasteiger partial charge on any atom is 0.293 e. The molecule has 0 aromatic rings. The molecule has 0 fully saturated rings. The molecule has 3 nitrogen and oxygen atoms in total. The largest absolute Gasteiger partial charge is 0.468 e. The average Bonchev–Trinajstić information content (AvgIpc) is 2.34. The molecule has 94 valence electrons. The molecule has 0 saturated heterocycles. The van der Waals surface area contributed by atoms with Crippen LogP contribution in [0.15, 0.2) is 0 Å². The van der Waals surface area contributed by atoms with Gasteiger partial charge in [0.05, 0.1) is 12.7 Å². The van der Waals surface area contributed by atoms with E-state index in [1.165, 1.54) is 0 Å². The third-order valence-corrected chi connectivity index (χ3v) is 2.72. The molecule has 0 aliphatic carbocycles. The van der Waals surface area contributed by atoms with E-state index < -0.39 is 0 Å². The summed E-state index contributed by atoms with van der Waals surface area (Å²) in [4.78, 5) is 9.72. The summed E-state index contributed by atoms with van der Waals surface area (Å²) < 4.78 is 4.60. The van der Waals surface area contributed by atoms with Gasteiger partial charge >= 0.3 is 0 Å². The Hall–Kier alpha value is -1.04. The lowest BCUT2D eigenvalue weighted by Gasteiger charge is -2.08. The minimum atomic E-state index is 0.292. The topological polar surface area (TPSA) is 50.1 Å². The molecule has 0 bridgehead atoms. The lowest BCUT2D eigenvalue weighted by atomic mass is 10.1.